The Bertz CT molecular complexity index is 269. The van der Waals surface area contributed by atoms with Gasteiger partial charge in [-0.15, -0.1) is 0 Å². The Kier molecular flexibility index (Phi) is 2.93. The fourth-order valence-corrected chi connectivity index (χ4v) is 1.99. The second kappa shape index (κ2) is 4.21. The number of carboxylic acid groups (broad SMARTS) is 1. The number of carbonyl (C=O) groups is 2. The second-order valence-corrected chi connectivity index (χ2v) is 4.68. The van der Waals surface area contributed by atoms with Crippen LogP contribution in [0, 0.1) is 11.8 Å². The maximum atomic E-state index is 11.5. The van der Waals surface area contributed by atoms with Gasteiger partial charge in [0.15, 0.2) is 0 Å². The van der Waals surface area contributed by atoms with Crippen LogP contribution in [-0.2, 0) is 9.59 Å². The zero-order valence-electron chi connectivity index (χ0n) is 8.74. The molecule has 1 atom stereocenters. The molecule has 1 amide bonds. The summed E-state index contributed by atoms with van der Waals surface area (Å²) in [6.45, 7) is 0. The lowest BCUT2D eigenvalue weighted by Gasteiger charge is -2.26. The highest BCUT2D eigenvalue weighted by atomic mass is 16.4. The molecular weight excluding hydrogens is 194 g/mol. The summed E-state index contributed by atoms with van der Waals surface area (Å²) >= 11 is 0. The van der Waals surface area contributed by atoms with Gasteiger partial charge in [-0.2, -0.15) is 0 Å². The smallest absolute Gasteiger partial charge is 0.307 e. The molecule has 2 fully saturated rings. The quantitative estimate of drug-likeness (QED) is 0.717. The minimum absolute atomic E-state index is 0.0843. The van der Waals surface area contributed by atoms with E-state index in [0.717, 1.165) is 25.7 Å². The number of nitrogens with one attached hydrogen (secondary N) is 1. The average Bonchev–Trinajstić information content (AvgIpc) is 2.90. The number of carboxylic acids is 1. The Morgan fingerprint density at radius 3 is 2.33 bits per heavy atom. The highest BCUT2D eigenvalue weighted by Gasteiger charge is 2.37. The predicted molar refractivity (Wildman–Crippen MR) is 54.2 cm³/mol. The minimum atomic E-state index is -0.818. The van der Waals surface area contributed by atoms with E-state index in [2.05, 4.69) is 5.32 Å². The van der Waals surface area contributed by atoms with E-state index in [-0.39, 0.29) is 18.2 Å². The molecule has 0 saturated heterocycles. The van der Waals surface area contributed by atoms with E-state index < -0.39 is 11.9 Å². The first-order valence-corrected chi connectivity index (χ1v) is 5.69. The Morgan fingerprint density at radius 1 is 1.27 bits per heavy atom. The lowest BCUT2D eigenvalue weighted by molar-refractivity contribution is -0.145. The van der Waals surface area contributed by atoms with Crippen molar-refractivity contribution in [2.24, 2.45) is 11.8 Å². The molecule has 0 heterocycles. The van der Waals surface area contributed by atoms with Crippen molar-refractivity contribution in [1.82, 2.24) is 5.32 Å². The van der Waals surface area contributed by atoms with Crippen molar-refractivity contribution < 1.29 is 14.7 Å². The molecule has 2 aliphatic carbocycles. The average molecular weight is 211 g/mol. The Balaban J connectivity index is 1.77. The Labute approximate surface area is 89.0 Å². The van der Waals surface area contributed by atoms with Gasteiger partial charge in [-0.25, -0.2) is 0 Å². The topological polar surface area (TPSA) is 66.4 Å². The van der Waals surface area contributed by atoms with Crippen LogP contribution in [0.25, 0.3) is 0 Å². The van der Waals surface area contributed by atoms with Gasteiger partial charge in [0.2, 0.25) is 5.91 Å². The molecule has 2 rings (SSSR count). The first-order chi connectivity index (χ1) is 7.16. The number of amides is 1. The maximum Gasteiger partial charge on any atom is 0.307 e. The summed E-state index contributed by atoms with van der Waals surface area (Å²) in [5.41, 5.74) is 0. The predicted octanol–water partition coefficient (Wildman–Crippen LogP) is 1.16. The second-order valence-electron chi connectivity index (χ2n) is 4.68. The van der Waals surface area contributed by atoms with E-state index in [4.69, 9.17) is 5.11 Å². The highest BCUT2D eigenvalue weighted by Crippen LogP contribution is 2.38. The fraction of sp³-hybridized carbons (Fsp3) is 0.818. The molecule has 2 aliphatic rings. The van der Waals surface area contributed by atoms with E-state index in [0.29, 0.717) is 6.04 Å². The third kappa shape index (κ3) is 2.70. The monoisotopic (exact) mass is 211 g/mol. The van der Waals surface area contributed by atoms with Gasteiger partial charge >= 0.3 is 5.97 Å². The molecule has 4 heteroatoms. The van der Waals surface area contributed by atoms with Crippen molar-refractivity contribution in [1.29, 1.82) is 0 Å². The van der Waals surface area contributed by atoms with Gasteiger partial charge in [0.1, 0.15) is 0 Å². The molecule has 2 N–H and O–H groups in total. The van der Waals surface area contributed by atoms with Gasteiger partial charge in [-0.3, -0.25) is 9.59 Å². The molecule has 0 bridgehead atoms. The standard InChI is InChI=1S/C11H17NO3/c13-10(12-8-2-1-3-8)6-9(11(14)15)7-4-5-7/h7-9H,1-6H2,(H,12,13)(H,14,15). The number of hydrogen-bond donors (Lipinski definition) is 2. The lowest BCUT2D eigenvalue weighted by atomic mass is 9.92. The number of carbonyl (C=O) groups excluding carboxylic acids is 1. The maximum absolute atomic E-state index is 11.5. The largest absolute Gasteiger partial charge is 0.481 e. The molecule has 1 unspecified atom stereocenters. The van der Waals surface area contributed by atoms with E-state index in [1.54, 1.807) is 0 Å². The van der Waals surface area contributed by atoms with Gasteiger partial charge in [-0.05, 0) is 38.0 Å². The molecule has 0 spiro atoms. The summed E-state index contributed by atoms with van der Waals surface area (Å²) in [5.74, 6) is -1.11. The van der Waals surface area contributed by atoms with Crippen LogP contribution >= 0.6 is 0 Å². The van der Waals surface area contributed by atoms with Crippen LogP contribution in [0.3, 0.4) is 0 Å². The van der Waals surface area contributed by atoms with Gasteiger partial charge < -0.3 is 10.4 Å². The summed E-state index contributed by atoms with van der Waals surface area (Å²) < 4.78 is 0. The summed E-state index contributed by atoms with van der Waals surface area (Å²) in [4.78, 5) is 22.4. The molecule has 4 nitrogen and oxygen atoms in total. The number of aliphatic carboxylic acids is 1. The molecule has 0 radical (unpaired) electrons. The van der Waals surface area contributed by atoms with Gasteiger partial charge in [0.05, 0.1) is 5.92 Å². The van der Waals surface area contributed by atoms with Crippen molar-refractivity contribution in [2.75, 3.05) is 0 Å². The lowest BCUT2D eigenvalue weighted by Crippen LogP contribution is -2.40. The van der Waals surface area contributed by atoms with E-state index in [9.17, 15) is 9.59 Å². The van der Waals surface area contributed by atoms with Crippen LogP contribution in [0.4, 0.5) is 0 Å². The van der Waals surface area contributed by atoms with E-state index in [1.165, 1.54) is 6.42 Å². The van der Waals surface area contributed by atoms with Gasteiger partial charge in [-0.1, -0.05) is 0 Å². The van der Waals surface area contributed by atoms with Crippen LogP contribution in [0.15, 0.2) is 0 Å². The van der Waals surface area contributed by atoms with Crippen LogP contribution in [-0.4, -0.2) is 23.0 Å². The summed E-state index contributed by atoms with van der Waals surface area (Å²) in [6.07, 6.45) is 5.37. The highest BCUT2D eigenvalue weighted by molar-refractivity contribution is 5.82. The van der Waals surface area contributed by atoms with Crippen LogP contribution in [0.5, 0.6) is 0 Å². The summed E-state index contributed by atoms with van der Waals surface area (Å²) in [5, 5.41) is 11.8. The summed E-state index contributed by atoms with van der Waals surface area (Å²) in [6, 6.07) is 0.311. The molecule has 0 aromatic carbocycles. The first kappa shape index (κ1) is 10.5. The normalized spacial score (nSPS) is 22.9. The van der Waals surface area contributed by atoms with Crippen LogP contribution < -0.4 is 5.32 Å². The van der Waals surface area contributed by atoms with Crippen molar-refractivity contribution in [3.05, 3.63) is 0 Å². The molecular formula is C11H17NO3. The molecule has 84 valence electrons. The SMILES string of the molecule is O=C(CC(C(=O)O)C1CC1)NC1CCC1. The van der Waals surface area contributed by atoms with Crippen LogP contribution in [0.1, 0.15) is 38.5 Å². The Hall–Kier alpha value is -1.06. The molecule has 0 aromatic rings. The zero-order valence-corrected chi connectivity index (χ0v) is 8.74. The van der Waals surface area contributed by atoms with Crippen molar-refractivity contribution in [3.63, 3.8) is 0 Å². The van der Waals surface area contributed by atoms with Crippen LogP contribution in [0.2, 0.25) is 0 Å². The van der Waals surface area contributed by atoms with Crippen molar-refractivity contribution in [2.45, 2.75) is 44.6 Å². The molecule has 15 heavy (non-hydrogen) atoms. The van der Waals surface area contributed by atoms with Gasteiger partial charge in [0, 0.05) is 12.5 Å². The Morgan fingerprint density at radius 2 is 1.93 bits per heavy atom. The molecule has 0 aliphatic heterocycles. The fourth-order valence-electron chi connectivity index (χ4n) is 1.99. The first-order valence-electron chi connectivity index (χ1n) is 5.69. The summed E-state index contributed by atoms with van der Waals surface area (Å²) in [7, 11) is 0. The number of hydrogen-bond acceptors (Lipinski definition) is 2. The van der Waals surface area contributed by atoms with Crippen molar-refractivity contribution >= 4 is 11.9 Å². The van der Waals surface area contributed by atoms with Crippen molar-refractivity contribution in [3.8, 4) is 0 Å². The zero-order chi connectivity index (χ0) is 10.8. The van der Waals surface area contributed by atoms with E-state index in [1.807, 2.05) is 0 Å². The van der Waals surface area contributed by atoms with Gasteiger partial charge in [0.25, 0.3) is 0 Å². The van der Waals surface area contributed by atoms with E-state index >= 15 is 0 Å². The molecule has 0 aromatic heterocycles. The minimum Gasteiger partial charge on any atom is -0.481 e. The third-order valence-electron chi connectivity index (χ3n) is 3.38. The molecule has 2 saturated carbocycles. The number of rotatable bonds is 5. The third-order valence-corrected chi connectivity index (χ3v) is 3.38.